The van der Waals surface area contributed by atoms with Crippen LogP contribution in [0.25, 0.3) is 16.9 Å². The Kier molecular flexibility index (Phi) is 3.89. The average Bonchev–Trinajstić information content (AvgIpc) is 3.10. The maximum atomic E-state index is 12.4. The van der Waals surface area contributed by atoms with Gasteiger partial charge in [0.2, 0.25) is 5.16 Å². The molecule has 0 aromatic carbocycles. The zero-order valence-corrected chi connectivity index (χ0v) is 14.3. The van der Waals surface area contributed by atoms with Gasteiger partial charge in [0.25, 0.3) is 0 Å². The molecule has 0 atom stereocenters. The Bertz CT molecular complexity index is 860. The summed E-state index contributed by atoms with van der Waals surface area (Å²) in [6, 6.07) is 7.53. The van der Waals surface area contributed by atoms with Gasteiger partial charge in [-0.3, -0.25) is 4.57 Å². The largest absolute Gasteiger partial charge is 0.443 e. The van der Waals surface area contributed by atoms with Crippen LogP contribution in [-0.4, -0.2) is 37.1 Å². The second-order valence-electron chi connectivity index (χ2n) is 6.04. The molecule has 3 aromatic rings. The van der Waals surface area contributed by atoms with Gasteiger partial charge in [-0.2, -0.15) is 0 Å². The van der Waals surface area contributed by atoms with Crippen LogP contribution < -0.4 is 0 Å². The van der Waals surface area contributed by atoms with Crippen LogP contribution in [0.15, 0.2) is 41.8 Å². The van der Waals surface area contributed by atoms with Crippen LogP contribution in [0.2, 0.25) is 0 Å². The van der Waals surface area contributed by atoms with Gasteiger partial charge in [-0.1, -0.05) is 11.8 Å². The van der Waals surface area contributed by atoms with E-state index in [0.717, 1.165) is 16.9 Å². The lowest BCUT2D eigenvalue weighted by Crippen LogP contribution is -2.27. The lowest BCUT2D eigenvalue weighted by atomic mass is 10.2. The third-order valence-corrected chi connectivity index (χ3v) is 3.71. The second-order valence-corrected chi connectivity index (χ2v) is 6.82. The maximum Gasteiger partial charge on any atom is 0.419 e. The zero-order chi connectivity index (χ0) is 16.6. The van der Waals surface area contributed by atoms with Crippen molar-refractivity contribution in [2.75, 3.05) is 6.26 Å². The molecule has 0 unspecified atom stereocenters. The van der Waals surface area contributed by atoms with E-state index < -0.39 is 11.7 Å². The van der Waals surface area contributed by atoms with Crippen molar-refractivity contribution in [1.82, 2.24) is 19.2 Å². The number of ether oxygens (including phenoxy) is 1. The topological polar surface area (TPSA) is 61.4 Å². The minimum Gasteiger partial charge on any atom is -0.443 e. The number of fused-ring (bicyclic) bond motifs is 1. The van der Waals surface area contributed by atoms with Crippen molar-refractivity contribution < 1.29 is 9.53 Å². The molecule has 0 spiro atoms. The Morgan fingerprint density at radius 3 is 2.70 bits per heavy atom. The Morgan fingerprint density at radius 2 is 2.00 bits per heavy atom. The first kappa shape index (κ1) is 15.6. The number of carbonyl (C=O) groups excluding carboxylic acids is 1. The quantitative estimate of drug-likeness (QED) is 0.670. The summed E-state index contributed by atoms with van der Waals surface area (Å²) in [6.45, 7) is 5.54. The third-order valence-electron chi connectivity index (χ3n) is 3.16. The van der Waals surface area contributed by atoms with Gasteiger partial charge in [-0.15, -0.1) is 5.10 Å². The summed E-state index contributed by atoms with van der Waals surface area (Å²) >= 11 is 1.47. The van der Waals surface area contributed by atoms with Crippen molar-refractivity contribution in [3.8, 4) is 11.4 Å². The van der Waals surface area contributed by atoms with E-state index in [0.29, 0.717) is 5.16 Å². The van der Waals surface area contributed by atoms with E-state index in [4.69, 9.17) is 4.74 Å². The molecule has 3 heterocycles. The van der Waals surface area contributed by atoms with Crippen molar-refractivity contribution in [3.05, 3.63) is 36.7 Å². The maximum absolute atomic E-state index is 12.4. The van der Waals surface area contributed by atoms with Gasteiger partial charge in [0.15, 0.2) is 0 Å². The first-order chi connectivity index (χ1) is 10.9. The van der Waals surface area contributed by atoms with Crippen LogP contribution in [0.5, 0.6) is 0 Å². The Hall–Kier alpha value is -2.28. The fourth-order valence-corrected chi connectivity index (χ4v) is 2.56. The van der Waals surface area contributed by atoms with Gasteiger partial charge in [0, 0.05) is 6.20 Å². The van der Waals surface area contributed by atoms with Crippen LogP contribution in [0.3, 0.4) is 0 Å². The van der Waals surface area contributed by atoms with Gasteiger partial charge < -0.3 is 4.74 Å². The molecule has 7 heteroatoms. The van der Waals surface area contributed by atoms with E-state index in [9.17, 15) is 4.79 Å². The van der Waals surface area contributed by atoms with Gasteiger partial charge in [-0.25, -0.2) is 14.3 Å². The molecule has 0 radical (unpaired) electrons. The summed E-state index contributed by atoms with van der Waals surface area (Å²) in [5.74, 6) is 0. The second kappa shape index (κ2) is 5.73. The molecule has 0 amide bonds. The summed E-state index contributed by atoms with van der Waals surface area (Å²) in [4.78, 5) is 16.6. The van der Waals surface area contributed by atoms with E-state index in [1.807, 2.05) is 51.3 Å². The van der Waals surface area contributed by atoms with Crippen LogP contribution in [0.4, 0.5) is 4.79 Å². The number of carbonyl (C=O) groups is 1. The molecule has 0 aliphatic heterocycles. The van der Waals surface area contributed by atoms with Crippen molar-refractivity contribution in [3.63, 3.8) is 0 Å². The van der Waals surface area contributed by atoms with Crippen molar-refractivity contribution >= 4 is 23.4 Å². The summed E-state index contributed by atoms with van der Waals surface area (Å²) in [6.07, 6.45) is 4.97. The van der Waals surface area contributed by atoms with Crippen molar-refractivity contribution in [2.45, 2.75) is 31.5 Å². The first-order valence-electron chi connectivity index (χ1n) is 7.19. The molecule has 0 saturated carbocycles. The van der Waals surface area contributed by atoms with Crippen molar-refractivity contribution in [2.24, 2.45) is 0 Å². The van der Waals surface area contributed by atoms with Crippen LogP contribution in [0, 0.1) is 0 Å². The van der Waals surface area contributed by atoms with Gasteiger partial charge in [0.1, 0.15) is 5.60 Å². The fraction of sp³-hybridized carbons (Fsp3) is 0.312. The highest BCUT2D eigenvalue weighted by molar-refractivity contribution is 7.98. The van der Waals surface area contributed by atoms with Crippen LogP contribution in [0.1, 0.15) is 20.8 Å². The normalized spacial score (nSPS) is 11.8. The molecule has 6 nitrogen and oxygen atoms in total. The molecule has 0 aliphatic rings. The highest BCUT2D eigenvalue weighted by Gasteiger charge is 2.21. The summed E-state index contributed by atoms with van der Waals surface area (Å²) < 4.78 is 8.74. The minimum absolute atomic E-state index is 0.411. The van der Waals surface area contributed by atoms with E-state index in [1.54, 1.807) is 16.9 Å². The number of thioether (sulfide) groups is 1. The molecule has 0 bridgehead atoms. The smallest absolute Gasteiger partial charge is 0.419 e. The molecule has 0 aliphatic carbocycles. The predicted molar refractivity (Wildman–Crippen MR) is 89.8 cm³/mol. The molecule has 0 fully saturated rings. The number of nitrogens with zero attached hydrogens (tertiary/aromatic N) is 4. The predicted octanol–water partition coefficient (Wildman–Crippen LogP) is 3.70. The standard InChI is InChI=1S/C16H18N4O2S/c1-16(2,3)22-15(21)19-9-5-6-12(19)13-8-7-11-10-17-14(23-4)18-20(11)13/h5-10H,1-4H3. The highest BCUT2D eigenvalue weighted by atomic mass is 32.2. The molecular weight excluding hydrogens is 312 g/mol. The number of hydrogen-bond acceptors (Lipinski definition) is 5. The zero-order valence-electron chi connectivity index (χ0n) is 13.5. The van der Waals surface area contributed by atoms with Crippen molar-refractivity contribution in [1.29, 1.82) is 0 Å². The summed E-state index contributed by atoms with van der Waals surface area (Å²) in [5, 5.41) is 5.16. The Morgan fingerprint density at radius 1 is 1.22 bits per heavy atom. The van der Waals surface area contributed by atoms with E-state index >= 15 is 0 Å². The lowest BCUT2D eigenvalue weighted by Gasteiger charge is -2.20. The summed E-state index contributed by atoms with van der Waals surface area (Å²) in [5.41, 5.74) is 1.86. The molecular formula is C16H18N4O2S. The molecule has 120 valence electrons. The van der Waals surface area contributed by atoms with E-state index in [1.165, 1.54) is 16.3 Å². The first-order valence-corrected chi connectivity index (χ1v) is 8.41. The third kappa shape index (κ3) is 3.10. The molecule has 0 N–H and O–H groups in total. The summed E-state index contributed by atoms with van der Waals surface area (Å²) in [7, 11) is 0. The van der Waals surface area contributed by atoms with Gasteiger partial charge in [-0.05, 0) is 51.3 Å². The Labute approximate surface area is 138 Å². The van der Waals surface area contributed by atoms with Gasteiger partial charge >= 0.3 is 6.09 Å². The molecule has 23 heavy (non-hydrogen) atoms. The number of aromatic nitrogens is 4. The molecule has 3 rings (SSSR count). The SMILES string of the molecule is CSc1ncc2ccc(-c3cccn3C(=O)OC(C)(C)C)n2n1. The fourth-order valence-electron chi connectivity index (χ4n) is 2.23. The number of hydrogen-bond donors (Lipinski definition) is 0. The van der Waals surface area contributed by atoms with Gasteiger partial charge in [0.05, 0.1) is 23.1 Å². The Balaban J connectivity index is 2.07. The van der Waals surface area contributed by atoms with Crippen LogP contribution in [-0.2, 0) is 4.74 Å². The molecule has 3 aromatic heterocycles. The minimum atomic E-state index is -0.548. The average molecular weight is 330 g/mol. The monoisotopic (exact) mass is 330 g/mol. The van der Waals surface area contributed by atoms with E-state index in [2.05, 4.69) is 10.1 Å². The van der Waals surface area contributed by atoms with Crippen LogP contribution >= 0.6 is 11.8 Å². The number of rotatable bonds is 2. The highest BCUT2D eigenvalue weighted by Crippen LogP contribution is 2.24. The molecule has 0 saturated heterocycles. The lowest BCUT2D eigenvalue weighted by molar-refractivity contribution is 0.0540. The van der Waals surface area contributed by atoms with E-state index in [-0.39, 0.29) is 0 Å².